The van der Waals surface area contributed by atoms with Gasteiger partial charge in [0.15, 0.2) is 5.17 Å². The SMILES string of the molecule is CC(C)C1=C([C@@H](O)N(CCO)C(C)C)SC2=N[C@@](C)(c3ccc(Cl)cc3)[C@@H](c3ccc(Cl)cc3)N21. The standard InChI is InChI=1S/C27H33Cl2N3O2S/c1-16(2)22-23(25(34)31(14-15-33)17(3)4)35-26-30-27(5,19-8-12-21(29)13-9-19)24(32(22)26)18-6-10-20(28)11-7-18/h6-13,16-17,24-25,33-34H,14-15H2,1-5H3/t24-,25-,27+/m1/s1. The van der Waals surface area contributed by atoms with Gasteiger partial charge < -0.3 is 15.1 Å². The van der Waals surface area contributed by atoms with E-state index in [2.05, 4.69) is 37.8 Å². The number of aliphatic imine (C=N–C) groups is 1. The Morgan fingerprint density at radius 1 is 1.03 bits per heavy atom. The minimum Gasteiger partial charge on any atom is -0.395 e. The highest BCUT2D eigenvalue weighted by Gasteiger charge is 2.53. The van der Waals surface area contributed by atoms with Gasteiger partial charge in [-0.3, -0.25) is 4.90 Å². The van der Waals surface area contributed by atoms with Crippen LogP contribution in [0.2, 0.25) is 10.0 Å². The lowest BCUT2D eigenvalue weighted by molar-refractivity contribution is 0.00413. The first kappa shape index (κ1) is 26.5. The summed E-state index contributed by atoms with van der Waals surface area (Å²) in [6.07, 6.45) is -0.828. The predicted molar refractivity (Wildman–Crippen MR) is 147 cm³/mol. The fraction of sp³-hybridized carbons (Fsp3) is 0.444. The van der Waals surface area contributed by atoms with Crippen LogP contribution in [0, 0.1) is 5.92 Å². The molecule has 0 fully saturated rings. The molecule has 0 saturated carbocycles. The first-order chi connectivity index (χ1) is 16.6. The molecule has 2 N–H and O–H groups in total. The Morgan fingerprint density at radius 3 is 2.11 bits per heavy atom. The van der Waals surface area contributed by atoms with Gasteiger partial charge in [-0.1, -0.05) is 73.1 Å². The highest BCUT2D eigenvalue weighted by molar-refractivity contribution is 8.17. The van der Waals surface area contributed by atoms with Crippen LogP contribution in [-0.2, 0) is 5.54 Å². The van der Waals surface area contributed by atoms with Gasteiger partial charge in [0.25, 0.3) is 0 Å². The molecule has 0 spiro atoms. The molecule has 2 heterocycles. The monoisotopic (exact) mass is 533 g/mol. The molecule has 8 heteroatoms. The Balaban J connectivity index is 1.86. The molecule has 4 rings (SSSR count). The number of aliphatic hydroxyl groups is 2. The van der Waals surface area contributed by atoms with Gasteiger partial charge in [0.1, 0.15) is 11.8 Å². The van der Waals surface area contributed by atoms with Crippen molar-refractivity contribution < 1.29 is 10.2 Å². The van der Waals surface area contributed by atoms with Crippen molar-refractivity contribution in [1.29, 1.82) is 0 Å². The molecule has 0 aromatic heterocycles. The van der Waals surface area contributed by atoms with E-state index in [0.717, 1.165) is 26.9 Å². The number of aliphatic hydroxyl groups excluding tert-OH is 2. The van der Waals surface area contributed by atoms with Crippen molar-refractivity contribution in [1.82, 2.24) is 9.80 Å². The van der Waals surface area contributed by atoms with Crippen LogP contribution < -0.4 is 0 Å². The van der Waals surface area contributed by atoms with E-state index in [1.165, 1.54) is 11.8 Å². The maximum absolute atomic E-state index is 11.5. The summed E-state index contributed by atoms with van der Waals surface area (Å²) >= 11 is 14.0. The molecule has 0 amide bonds. The van der Waals surface area contributed by atoms with Crippen LogP contribution in [0.4, 0.5) is 0 Å². The number of thioether (sulfide) groups is 1. The van der Waals surface area contributed by atoms with Gasteiger partial charge in [-0.15, -0.1) is 0 Å². The number of fused-ring (bicyclic) bond motifs is 1. The summed E-state index contributed by atoms with van der Waals surface area (Å²) in [7, 11) is 0. The van der Waals surface area contributed by atoms with Crippen molar-refractivity contribution in [3.8, 4) is 0 Å². The zero-order valence-electron chi connectivity index (χ0n) is 20.7. The predicted octanol–water partition coefficient (Wildman–Crippen LogP) is 6.26. The number of nitrogens with zero attached hydrogens (tertiary/aromatic N) is 3. The summed E-state index contributed by atoms with van der Waals surface area (Å²) < 4.78 is 0. The quantitative estimate of drug-likeness (QED) is 0.392. The van der Waals surface area contributed by atoms with Crippen LogP contribution in [0.25, 0.3) is 0 Å². The molecule has 3 atom stereocenters. The second-order valence-corrected chi connectivity index (χ2v) is 11.7. The zero-order valence-corrected chi connectivity index (χ0v) is 23.1. The Bertz CT molecular complexity index is 1120. The van der Waals surface area contributed by atoms with Crippen LogP contribution in [-0.4, -0.2) is 50.6 Å². The van der Waals surface area contributed by atoms with Crippen molar-refractivity contribution in [2.75, 3.05) is 13.2 Å². The topological polar surface area (TPSA) is 59.3 Å². The van der Waals surface area contributed by atoms with E-state index >= 15 is 0 Å². The maximum atomic E-state index is 11.5. The van der Waals surface area contributed by atoms with E-state index in [-0.39, 0.29) is 24.6 Å². The fourth-order valence-corrected chi connectivity index (χ4v) is 6.73. The molecule has 0 radical (unpaired) electrons. The van der Waals surface area contributed by atoms with Crippen LogP contribution >= 0.6 is 35.0 Å². The molecule has 2 aliphatic rings. The molecule has 35 heavy (non-hydrogen) atoms. The number of benzene rings is 2. The number of allylic oxidation sites excluding steroid dienone is 1. The van der Waals surface area contributed by atoms with Gasteiger partial charge in [-0.25, -0.2) is 4.99 Å². The molecule has 5 nitrogen and oxygen atoms in total. The number of hydrogen-bond acceptors (Lipinski definition) is 6. The summed E-state index contributed by atoms with van der Waals surface area (Å²) in [5, 5.41) is 23.3. The third kappa shape index (κ3) is 4.89. The van der Waals surface area contributed by atoms with E-state index in [9.17, 15) is 10.2 Å². The van der Waals surface area contributed by atoms with Gasteiger partial charge in [0, 0.05) is 28.3 Å². The summed E-state index contributed by atoms with van der Waals surface area (Å²) in [5.41, 5.74) is 2.65. The lowest BCUT2D eigenvalue weighted by Gasteiger charge is -2.38. The molecular formula is C27H33Cl2N3O2S. The van der Waals surface area contributed by atoms with Gasteiger partial charge in [-0.2, -0.15) is 0 Å². The highest BCUT2D eigenvalue weighted by Crippen LogP contribution is 2.56. The first-order valence-corrected chi connectivity index (χ1v) is 13.5. The minimum atomic E-state index is -0.828. The molecule has 0 aliphatic carbocycles. The molecular weight excluding hydrogens is 501 g/mol. The summed E-state index contributed by atoms with van der Waals surface area (Å²) in [4.78, 5) is 10.4. The van der Waals surface area contributed by atoms with Gasteiger partial charge >= 0.3 is 0 Å². The zero-order chi connectivity index (χ0) is 25.5. The number of hydrogen-bond donors (Lipinski definition) is 2. The molecule has 0 saturated heterocycles. The Kier molecular flexibility index (Phi) is 7.91. The van der Waals surface area contributed by atoms with Crippen molar-refractivity contribution in [3.63, 3.8) is 0 Å². The molecule has 0 bridgehead atoms. The summed E-state index contributed by atoms with van der Waals surface area (Å²) in [6, 6.07) is 15.8. The van der Waals surface area contributed by atoms with Crippen molar-refractivity contribution in [2.45, 2.75) is 58.5 Å². The van der Waals surface area contributed by atoms with E-state index in [1.54, 1.807) is 0 Å². The molecule has 2 aromatic rings. The van der Waals surface area contributed by atoms with Crippen molar-refractivity contribution >= 4 is 40.1 Å². The molecule has 188 valence electrons. The summed E-state index contributed by atoms with van der Waals surface area (Å²) in [5.74, 6) is 0.144. The third-order valence-corrected chi connectivity index (χ3v) is 8.38. The van der Waals surface area contributed by atoms with E-state index in [0.29, 0.717) is 16.6 Å². The number of rotatable bonds is 8. The largest absolute Gasteiger partial charge is 0.395 e. The molecule has 2 aromatic carbocycles. The second-order valence-electron chi connectivity index (χ2n) is 9.81. The van der Waals surface area contributed by atoms with Crippen molar-refractivity contribution in [2.24, 2.45) is 10.9 Å². The third-order valence-electron chi connectivity index (χ3n) is 6.77. The molecule has 2 aliphatic heterocycles. The smallest absolute Gasteiger partial charge is 0.169 e. The van der Waals surface area contributed by atoms with Crippen molar-refractivity contribution in [3.05, 3.63) is 80.3 Å². The summed E-state index contributed by atoms with van der Waals surface area (Å²) in [6.45, 7) is 10.9. The first-order valence-electron chi connectivity index (χ1n) is 12.0. The number of halogens is 2. The lowest BCUT2D eigenvalue weighted by atomic mass is 9.81. The highest BCUT2D eigenvalue weighted by atomic mass is 35.5. The fourth-order valence-electron chi connectivity index (χ4n) is 5.06. The van der Waals surface area contributed by atoms with Crippen LogP contribution in [0.5, 0.6) is 0 Å². The van der Waals surface area contributed by atoms with E-state index in [4.69, 9.17) is 28.2 Å². The Labute approximate surface area is 222 Å². The van der Waals surface area contributed by atoms with Gasteiger partial charge in [-0.05, 0) is 62.1 Å². The minimum absolute atomic E-state index is 0.0170. The second kappa shape index (κ2) is 10.4. The Morgan fingerprint density at radius 2 is 1.60 bits per heavy atom. The molecule has 0 unspecified atom stereocenters. The van der Waals surface area contributed by atoms with Gasteiger partial charge in [0.2, 0.25) is 0 Å². The van der Waals surface area contributed by atoms with Crippen LogP contribution in [0.3, 0.4) is 0 Å². The Hall–Kier alpha value is -1.54. The van der Waals surface area contributed by atoms with Crippen LogP contribution in [0.15, 0.2) is 64.1 Å². The lowest BCUT2D eigenvalue weighted by Crippen LogP contribution is -2.43. The van der Waals surface area contributed by atoms with E-state index < -0.39 is 11.8 Å². The average molecular weight is 535 g/mol. The number of amidine groups is 1. The normalized spacial score (nSPS) is 23.0. The van der Waals surface area contributed by atoms with Crippen LogP contribution in [0.1, 0.15) is 51.8 Å². The van der Waals surface area contributed by atoms with Gasteiger partial charge in [0.05, 0.1) is 17.6 Å². The average Bonchev–Trinajstić information content (AvgIpc) is 3.30. The van der Waals surface area contributed by atoms with E-state index in [1.807, 2.05) is 55.1 Å². The maximum Gasteiger partial charge on any atom is 0.169 e.